The Kier molecular flexibility index (Phi) is 4.93. The first-order valence-corrected chi connectivity index (χ1v) is 8.15. The second-order valence-corrected chi connectivity index (χ2v) is 6.06. The zero-order valence-corrected chi connectivity index (χ0v) is 14.5. The Morgan fingerprint density at radius 3 is 2.50 bits per heavy atom. The van der Waals surface area contributed by atoms with Crippen LogP contribution in [0.3, 0.4) is 0 Å². The molecule has 5 nitrogen and oxygen atoms in total. The van der Waals surface area contributed by atoms with Crippen molar-refractivity contribution in [2.45, 2.75) is 20.4 Å². The minimum absolute atomic E-state index is 0.110. The number of nitrogens with one attached hydrogen (secondary N) is 1. The Balaban J connectivity index is 1.80. The summed E-state index contributed by atoms with van der Waals surface area (Å²) in [6.07, 6.45) is 0. The largest absolute Gasteiger partial charge is 0.347 e. The number of carbonyl (C=O) groups is 1. The normalized spacial score (nSPS) is 10.6. The number of hydrogen-bond donors (Lipinski definition) is 1. The highest BCUT2D eigenvalue weighted by Gasteiger charge is 2.11. The molecule has 0 aliphatic carbocycles. The third kappa shape index (κ3) is 3.85. The van der Waals surface area contributed by atoms with Crippen molar-refractivity contribution in [3.8, 4) is 5.69 Å². The van der Waals surface area contributed by atoms with Crippen LogP contribution in [0.5, 0.6) is 0 Å². The summed E-state index contributed by atoms with van der Waals surface area (Å²) in [7, 11) is 0. The van der Waals surface area contributed by atoms with Crippen molar-refractivity contribution in [1.29, 1.82) is 0 Å². The van der Waals surface area contributed by atoms with E-state index >= 15 is 0 Å². The van der Waals surface area contributed by atoms with Gasteiger partial charge >= 0.3 is 0 Å². The molecule has 1 N–H and O–H groups in total. The first-order chi connectivity index (χ1) is 12.4. The van der Waals surface area contributed by atoms with E-state index in [1.165, 1.54) is 36.4 Å². The van der Waals surface area contributed by atoms with Gasteiger partial charge in [-0.15, -0.1) is 0 Å². The van der Waals surface area contributed by atoms with Crippen molar-refractivity contribution in [1.82, 2.24) is 15.1 Å². The van der Waals surface area contributed by atoms with Gasteiger partial charge in [0.25, 0.3) is 11.5 Å². The highest BCUT2D eigenvalue weighted by molar-refractivity contribution is 5.92. The molecule has 2 aromatic carbocycles. The van der Waals surface area contributed by atoms with Crippen molar-refractivity contribution in [2.24, 2.45) is 0 Å². The third-order valence-electron chi connectivity index (χ3n) is 4.04. The fourth-order valence-electron chi connectivity index (χ4n) is 2.61. The molecule has 0 saturated carbocycles. The maximum atomic E-state index is 13.1. The lowest BCUT2D eigenvalue weighted by Crippen LogP contribution is -2.28. The van der Waals surface area contributed by atoms with E-state index in [0.717, 1.165) is 21.4 Å². The zero-order valence-electron chi connectivity index (χ0n) is 14.5. The van der Waals surface area contributed by atoms with Crippen LogP contribution >= 0.6 is 0 Å². The number of carbonyl (C=O) groups excluding carboxylic acids is 1. The number of rotatable bonds is 4. The standard InChI is InChI=1S/C20H18FN3O2/c1-13-3-4-15(14(2)11-13)12-22-20(26)18-9-10-19(25)24(23-18)17-7-5-16(21)6-8-17/h3-11H,12H2,1-2H3,(H,22,26). The Labute approximate surface area is 150 Å². The van der Waals surface area contributed by atoms with Gasteiger partial charge in [0.2, 0.25) is 0 Å². The summed E-state index contributed by atoms with van der Waals surface area (Å²) >= 11 is 0. The second kappa shape index (κ2) is 7.31. The van der Waals surface area contributed by atoms with E-state index in [0.29, 0.717) is 12.2 Å². The van der Waals surface area contributed by atoms with Crippen molar-refractivity contribution in [3.05, 3.63) is 93.2 Å². The molecule has 1 aromatic heterocycles. The fourth-order valence-corrected chi connectivity index (χ4v) is 2.61. The van der Waals surface area contributed by atoms with Crippen molar-refractivity contribution in [3.63, 3.8) is 0 Å². The minimum atomic E-state index is -0.413. The van der Waals surface area contributed by atoms with Crippen LogP contribution in [0.2, 0.25) is 0 Å². The highest BCUT2D eigenvalue weighted by atomic mass is 19.1. The molecular formula is C20H18FN3O2. The molecule has 0 spiro atoms. The van der Waals surface area contributed by atoms with Crippen LogP contribution in [0.4, 0.5) is 4.39 Å². The average Bonchev–Trinajstić information content (AvgIpc) is 2.62. The van der Waals surface area contributed by atoms with E-state index in [-0.39, 0.29) is 11.6 Å². The van der Waals surface area contributed by atoms with Crippen molar-refractivity contribution < 1.29 is 9.18 Å². The molecule has 1 heterocycles. The Bertz CT molecular complexity index is 1010. The van der Waals surface area contributed by atoms with Gasteiger partial charge < -0.3 is 5.32 Å². The summed E-state index contributed by atoms with van der Waals surface area (Å²) in [6, 6.07) is 14.0. The van der Waals surface area contributed by atoms with Gasteiger partial charge in [0, 0.05) is 12.6 Å². The molecule has 0 atom stereocenters. The molecule has 132 valence electrons. The van der Waals surface area contributed by atoms with Gasteiger partial charge in [-0.2, -0.15) is 9.78 Å². The number of nitrogens with zero attached hydrogens (tertiary/aromatic N) is 2. The number of benzene rings is 2. The summed E-state index contributed by atoms with van der Waals surface area (Å²) in [4.78, 5) is 24.4. The van der Waals surface area contributed by atoms with Crippen molar-refractivity contribution >= 4 is 5.91 Å². The molecule has 6 heteroatoms. The molecule has 3 aromatic rings. The van der Waals surface area contributed by atoms with Crippen LogP contribution in [0, 0.1) is 19.7 Å². The predicted molar refractivity (Wildman–Crippen MR) is 96.9 cm³/mol. The highest BCUT2D eigenvalue weighted by Crippen LogP contribution is 2.10. The van der Waals surface area contributed by atoms with E-state index in [9.17, 15) is 14.0 Å². The number of aryl methyl sites for hydroxylation is 2. The maximum absolute atomic E-state index is 13.1. The smallest absolute Gasteiger partial charge is 0.272 e. The maximum Gasteiger partial charge on any atom is 0.272 e. The van der Waals surface area contributed by atoms with Crippen LogP contribution in [0.15, 0.2) is 59.4 Å². The lowest BCUT2D eigenvalue weighted by Gasteiger charge is -2.10. The van der Waals surface area contributed by atoms with E-state index < -0.39 is 11.4 Å². The molecule has 1 amide bonds. The lowest BCUT2D eigenvalue weighted by atomic mass is 10.1. The van der Waals surface area contributed by atoms with Gasteiger partial charge in [-0.1, -0.05) is 23.8 Å². The zero-order chi connectivity index (χ0) is 18.7. The molecule has 0 fully saturated rings. The third-order valence-corrected chi connectivity index (χ3v) is 4.04. The SMILES string of the molecule is Cc1ccc(CNC(=O)c2ccc(=O)n(-c3ccc(F)cc3)n2)c(C)c1. The molecule has 0 unspecified atom stereocenters. The number of aromatic nitrogens is 2. The van der Waals surface area contributed by atoms with E-state index in [1.54, 1.807) is 0 Å². The quantitative estimate of drug-likeness (QED) is 0.786. The van der Waals surface area contributed by atoms with E-state index in [1.807, 2.05) is 26.0 Å². The molecule has 0 bridgehead atoms. The number of amides is 1. The van der Waals surface area contributed by atoms with Gasteiger partial charge in [0.1, 0.15) is 11.5 Å². The fraction of sp³-hybridized carbons (Fsp3) is 0.150. The lowest BCUT2D eigenvalue weighted by molar-refractivity contribution is 0.0944. The van der Waals surface area contributed by atoms with Crippen LogP contribution in [-0.2, 0) is 6.54 Å². The molecule has 0 saturated heterocycles. The summed E-state index contributed by atoms with van der Waals surface area (Å²) in [5, 5.41) is 6.90. The van der Waals surface area contributed by atoms with Crippen molar-refractivity contribution in [2.75, 3.05) is 0 Å². The minimum Gasteiger partial charge on any atom is -0.347 e. The summed E-state index contributed by atoms with van der Waals surface area (Å²) < 4.78 is 14.1. The van der Waals surface area contributed by atoms with Gasteiger partial charge in [-0.05, 0) is 55.3 Å². The molecule has 0 radical (unpaired) electrons. The first-order valence-electron chi connectivity index (χ1n) is 8.15. The first kappa shape index (κ1) is 17.5. The summed E-state index contributed by atoms with van der Waals surface area (Å²) in [5.74, 6) is -0.801. The van der Waals surface area contributed by atoms with Crippen LogP contribution in [0.25, 0.3) is 5.69 Å². The molecular weight excluding hydrogens is 333 g/mol. The van der Waals surface area contributed by atoms with Crippen LogP contribution in [-0.4, -0.2) is 15.7 Å². The predicted octanol–water partition coefficient (Wildman–Crippen LogP) is 2.92. The second-order valence-electron chi connectivity index (χ2n) is 6.06. The topological polar surface area (TPSA) is 64.0 Å². The molecule has 26 heavy (non-hydrogen) atoms. The monoisotopic (exact) mass is 351 g/mol. The van der Waals surface area contributed by atoms with Gasteiger partial charge in [0.15, 0.2) is 0 Å². The number of halogens is 1. The van der Waals surface area contributed by atoms with Gasteiger partial charge in [0.05, 0.1) is 5.69 Å². The number of hydrogen-bond acceptors (Lipinski definition) is 3. The molecule has 0 aliphatic rings. The Hall–Kier alpha value is -3.28. The van der Waals surface area contributed by atoms with Crippen LogP contribution < -0.4 is 10.9 Å². The average molecular weight is 351 g/mol. The summed E-state index contributed by atoms with van der Waals surface area (Å²) in [6.45, 7) is 4.36. The Morgan fingerprint density at radius 1 is 1.08 bits per heavy atom. The van der Waals surface area contributed by atoms with E-state index in [2.05, 4.69) is 16.5 Å². The molecule has 0 aliphatic heterocycles. The summed E-state index contributed by atoms with van der Waals surface area (Å²) in [5.41, 5.74) is 3.36. The molecule has 3 rings (SSSR count). The van der Waals surface area contributed by atoms with Crippen LogP contribution in [0.1, 0.15) is 27.2 Å². The Morgan fingerprint density at radius 2 is 1.81 bits per heavy atom. The van der Waals surface area contributed by atoms with Gasteiger partial charge in [-0.25, -0.2) is 4.39 Å². The van der Waals surface area contributed by atoms with Gasteiger partial charge in [-0.3, -0.25) is 9.59 Å². The van der Waals surface area contributed by atoms with E-state index in [4.69, 9.17) is 0 Å².